The van der Waals surface area contributed by atoms with Gasteiger partial charge in [0.05, 0.1) is 11.5 Å². The summed E-state index contributed by atoms with van der Waals surface area (Å²) in [6.07, 6.45) is 3.49. The lowest BCUT2D eigenvalue weighted by atomic mass is 9.91. The van der Waals surface area contributed by atoms with Crippen molar-refractivity contribution < 1.29 is 10.0 Å². The predicted octanol–water partition coefficient (Wildman–Crippen LogP) is 2.25. The standard InChI is InChI=1S/C13H18N2O3/c1-10-9-12(5-6-13(10)15(17)18)14(7-8-16)11-3-2-4-11/h5-6,9,11,16H,2-4,7-8H2,1H3. The summed E-state index contributed by atoms with van der Waals surface area (Å²) in [5, 5.41) is 19.9. The van der Waals surface area contributed by atoms with Gasteiger partial charge in [0.2, 0.25) is 0 Å². The smallest absolute Gasteiger partial charge is 0.272 e. The molecular formula is C13H18N2O3. The van der Waals surface area contributed by atoms with Crippen molar-refractivity contribution in [2.45, 2.75) is 32.2 Å². The topological polar surface area (TPSA) is 66.6 Å². The van der Waals surface area contributed by atoms with Gasteiger partial charge < -0.3 is 10.0 Å². The third-order valence-electron chi connectivity index (χ3n) is 3.57. The molecule has 0 saturated heterocycles. The number of benzene rings is 1. The Bertz CT molecular complexity index is 444. The van der Waals surface area contributed by atoms with Crippen LogP contribution in [0.25, 0.3) is 0 Å². The molecule has 1 saturated carbocycles. The zero-order valence-electron chi connectivity index (χ0n) is 10.5. The average Bonchev–Trinajstić information content (AvgIpc) is 2.25. The molecule has 1 aromatic carbocycles. The summed E-state index contributed by atoms with van der Waals surface area (Å²) in [4.78, 5) is 12.6. The van der Waals surface area contributed by atoms with Crippen LogP contribution in [-0.2, 0) is 0 Å². The fourth-order valence-electron chi connectivity index (χ4n) is 2.35. The molecule has 5 heteroatoms. The van der Waals surface area contributed by atoms with Crippen molar-refractivity contribution in [3.8, 4) is 0 Å². The second-order valence-electron chi connectivity index (χ2n) is 4.73. The van der Waals surface area contributed by atoms with Gasteiger partial charge in [0.15, 0.2) is 0 Å². The minimum Gasteiger partial charge on any atom is -0.395 e. The van der Waals surface area contributed by atoms with E-state index in [0.717, 1.165) is 18.5 Å². The molecule has 0 aromatic heterocycles. The molecule has 98 valence electrons. The molecule has 18 heavy (non-hydrogen) atoms. The minimum atomic E-state index is -0.362. The Morgan fingerprint density at radius 1 is 1.50 bits per heavy atom. The van der Waals surface area contributed by atoms with Crippen LogP contribution in [0, 0.1) is 17.0 Å². The quantitative estimate of drug-likeness (QED) is 0.643. The molecule has 0 aliphatic heterocycles. The van der Waals surface area contributed by atoms with Crippen molar-refractivity contribution in [1.29, 1.82) is 0 Å². The molecule has 1 N–H and O–H groups in total. The number of nitro benzene ring substituents is 1. The summed E-state index contributed by atoms with van der Waals surface area (Å²) in [6.45, 7) is 2.44. The average molecular weight is 250 g/mol. The number of aryl methyl sites for hydroxylation is 1. The van der Waals surface area contributed by atoms with E-state index in [1.54, 1.807) is 19.1 Å². The van der Waals surface area contributed by atoms with Gasteiger partial charge in [-0.1, -0.05) is 0 Å². The molecule has 0 unspecified atom stereocenters. The van der Waals surface area contributed by atoms with Gasteiger partial charge in [0.25, 0.3) is 5.69 Å². The molecule has 0 heterocycles. The second kappa shape index (κ2) is 5.35. The summed E-state index contributed by atoms with van der Waals surface area (Å²) in [5.74, 6) is 0. The van der Waals surface area contributed by atoms with Gasteiger partial charge in [-0.2, -0.15) is 0 Å². The maximum absolute atomic E-state index is 10.8. The Kier molecular flexibility index (Phi) is 3.81. The molecule has 1 aromatic rings. The van der Waals surface area contributed by atoms with Crippen LogP contribution in [0.4, 0.5) is 11.4 Å². The fraction of sp³-hybridized carbons (Fsp3) is 0.538. The van der Waals surface area contributed by atoms with Crippen LogP contribution < -0.4 is 4.90 Å². The summed E-state index contributed by atoms with van der Waals surface area (Å²) in [5.41, 5.74) is 1.79. The number of hydrogen-bond donors (Lipinski definition) is 1. The van der Waals surface area contributed by atoms with Crippen LogP contribution in [0.2, 0.25) is 0 Å². The molecular weight excluding hydrogens is 232 g/mol. The fourth-order valence-corrected chi connectivity index (χ4v) is 2.35. The van der Waals surface area contributed by atoms with Crippen molar-refractivity contribution in [1.82, 2.24) is 0 Å². The Morgan fingerprint density at radius 2 is 2.22 bits per heavy atom. The van der Waals surface area contributed by atoms with Gasteiger partial charge in [-0.3, -0.25) is 10.1 Å². The van der Waals surface area contributed by atoms with Gasteiger partial charge in [0.1, 0.15) is 0 Å². The number of nitrogens with zero attached hydrogens (tertiary/aromatic N) is 2. The van der Waals surface area contributed by atoms with Crippen LogP contribution in [0.15, 0.2) is 18.2 Å². The first-order chi connectivity index (χ1) is 8.63. The molecule has 0 bridgehead atoms. The van der Waals surface area contributed by atoms with Crippen molar-refractivity contribution in [3.05, 3.63) is 33.9 Å². The molecule has 2 rings (SSSR count). The van der Waals surface area contributed by atoms with Crippen LogP contribution in [0.1, 0.15) is 24.8 Å². The van der Waals surface area contributed by atoms with Crippen LogP contribution in [0.5, 0.6) is 0 Å². The molecule has 1 fully saturated rings. The highest BCUT2D eigenvalue weighted by Crippen LogP contribution is 2.31. The molecule has 0 amide bonds. The summed E-state index contributed by atoms with van der Waals surface area (Å²) >= 11 is 0. The lowest BCUT2D eigenvalue weighted by Crippen LogP contribution is -2.42. The lowest BCUT2D eigenvalue weighted by Gasteiger charge is -2.39. The monoisotopic (exact) mass is 250 g/mol. The van der Waals surface area contributed by atoms with Gasteiger partial charge in [-0.05, 0) is 38.3 Å². The molecule has 5 nitrogen and oxygen atoms in total. The van der Waals surface area contributed by atoms with Crippen LogP contribution >= 0.6 is 0 Å². The van der Waals surface area contributed by atoms with E-state index in [0.29, 0.717) is 18.2 Å². The van der Waals surface area contributed by atoms with E-state index in [4.69, 9.17) is 5.11 Å². The largest absolute Gasteiger partial charge is 0.395 e. The first-order valence-electron chi connectivity index (χ1n) is 6.26. The second-order valence-corrected chi connectivity index (χ2v) is 4.73. The van der Waals surface area contributed by atoms with Gasteiger partial charge in [-0.15, -0.1) is 0 Å². The van der Waals surface area contributed by atoms with Crippen molar-refractivity contribution in [3.63, 3.8) is 0 Å². The molecule has 1 aliphatic rings. The van der Waals surface area contributed by atoms with Crippen molar-refractivity contribution >= 4 is 11.4 Å². The van der Waals surface area contributed by atoms with Crippen molar-refractivity contribution in [2.75, 3.05) is 18.1 Å². The zero-order chi connectivity index (χ0) is 13.1. The maximum Gasteiger partial charge on any atom is 0.272 e. The third kappa shape index (κ3) is 2.46. The van der Waals surface area contributed by atoms with E-state index >= 15 is 0 Å². The Balaban J connectivity index is 2.24. The first-order valence-corrected chi connectivity index (χ1v) is 6.26. The number of aliphatic hydroxyl groups excluding tert-OH is 1. The Hall–Kier alpha value is -1.62. The minimum absolute atomic E-state index is 0.104. The number of nitro groups is 1. The summed E-state index contributed by atoms with van der Waals surface area (Å²) in [7, 11) is 0. The Morgan fingerprint density at radius 3 is 2.67 bits per heavy atom. The normalized spacial score (nSPS) is 15.2. The first kappa shape index (κ1) is 12.8. The van der Waals surface area contributed by atoms with E-state index < -0.39 is 0 Å². The highest BCUT2D eigenvalue weighted by Gasteiger charge is 2.25. The Labute approximate surface area is 106 Å². The highest BCUT2D eigenvalue weighted by molar-refractivity contribution is 5.56. The SMILES string of the molecule is Cc1cc(N(CCO)C2CCC2)ccc1[N+](=O)[O-]. The van der Waals surface area contributed by atoms with Gasteiger partial charge in [-0.25, -0.2) is 0 Å². The van der Waals surface area contributed by atoms with Crippen molar-refractivity contribution in [2.24, 2.45) is 0 Å². The van der Waals surface area contributed by atoms with E-state index in [1.165, 1.54) is 6.42 Å². The maximum atomic E-state index is 10.8. The van der Waals surface area contributed by atoms with E-state index in [-0.39, 0.29) is 17.2 Å². The number of rotatable bonds is 5. The van der Waals surface area contributed by atoms with E-state index in [9.17, 15) is 10.1 Å². The number of hydrogen-bond acceptors (Lipinski definition) is 4. The van der Waals surface area contributed by atoms with Gasteiger partial charge >= 0.3 is 0 Å². The summed E-state index contributed by atoms with van der Waals surface area (Å²) < 4.78 is 0. The third-order valence-corrected chi connectivity index (χ3v) is 3.57. The highest BCUT2D eigenvalue weighted by atomic mass is 16.6. The lowest BCUT2D eigenvalue weighted by molar-refractivity contribution is -0.385. The van der Waals surface area contributed by atoms with E-state index in [2.05, 4.69) is 4.90 Å². The molecule has 1 aliphatic carbocycles. The molecule has 0 spiro atoms. The van der Waals surface area contributed by atoms with Crippen LogP contribution in [-0.4, -0.2) is 29.2 Å². The van der Waals surface area contributed by atoms with Gasteiger partial charge in [0, 0.05) is 29.9 Å². The zero-order valence-corrected chi connectivity index (χ0v) is 10.5. The molecule has 0 radical (unpaired) electrons. The number of aliphatic hydroxyl groups is 1. The number of anilines is 1. The predicted molar refractivity (Wildman–Crippen MR) is 69.9 cm³/mol. The summed E-state index contributed by atoms with van der Waals surface area (Å²) in [6, 6.07) is 5.64. The van der Waals surface area contributed by atoms with Crippen LogP contribution in [0.3, 0.4) is 0 Å². The molecule has 0 atom stereocenters. The van der Waals surface area contributed by atoms with E-state index in [1.807, 2.05) is 6.07 Å².